The molecule has 0 spiro atoms. The van der Waals surface area contributed by atoms with Crippen LogP contribution in [-0.2, 0) is 11.3 Å². The van der Waals surface area contributed by atoms with Crippen LogP contribution >= 0.6 is 11.6 Å². The summed E-state index contributed by atoms with van der Waals surface area (Å²) in [7, 11) is 0. The zero-order valence-electron chi connectivity index (χ0n) is 17.0. The van der Waals surface area contributed by atoms with Crippen molar-refractivity contribution in [2.45, 2.75) is 33.4 Å². The molecule has 3 aromatic rings. The summed E-state index contributed by atoms with van der Waals surface area (Å²) in [5.41, 5.74) is 1.22. The summed E-state index contributed by atoms with van der Waals surface area (Å²) in [6.45, 7) is 5.29. The fraction of sp³-hybridized carbons (Fsp3) is 0.273. The Morgan fingerprint density at radius 2 is 1.80 bits per heavy atom. The van der Waals surface area contributed by atoms with Crippen LogP contribution in [0.2, 0.25) is 5.02 Å². The first-order valence-electron chi connectivity index (χ1n) is 9.45. The Labute approximate surface area is 179 Å². The van der Waals surface area contributed by atoms with E-state index >= 15 is 0 Å². The first kappa shape index (κ1) is 21.5. The van der Waals surface area contributed by atoms with Crippen LogP contribution in [0.3, 0.4) is 0 Å². The predicted molar refractivity (Wildman–Crippen MR) is 112 cm³/mol. The number of ether oxygens (including phenoxy) is 1. The van der Waals surface area contributed by atoms with E-state index in [1.54, 1.807) is 41.3 Å². The maximum Gasteiger partial charge on any atom is 0.261 e. The van der Waals surface area contributed by atoms with E-state index in [1.165, 1.54) is 6.92 Å². The number of hydrogen-bond donors (Lipinski definition) is 0. The fourth-order valence-electron chi connectivity index (χ4n) is 2.78. The Hall–Kier alpha value is -3.19. The minimum Gasteiger partial charge on any atom is -0.484 e. The third-order valence-electron chi connectivity index (χ3n) is 4.44. The molecule has 0 aliphatic heterocycles. The third kappa shape index (κ3) is 5.24. The van der Waals surface area contributed by atoms with Crippen molar-refractivity contribution in [3.05, 3.63) is 65.0 Å². The van der Waals surface area contributed by atoms with Crippen LogP contribution in [0.5, 0.6) is 5.75 Å². The zero-order valence-corrected chi connectivity index (χ0v) is 17.7. The zero-order chi connectivity index (χ0) is 21.7. The van der Waals surface area contributed by atoms with Gasteiger partial charge in [-0.3, -0.25) is 9.59 Å². The normalized spacial score (nSPS) is 10.8. The number of aromatic nitrogens is 2. The molecule has 0 radical (unpaired) electrons. The first-order chi connectivity index (χ1) is 14.3. The third-order valence-corrected chi connectivity index (χ3v) is 4.77. The highest BCUT2D eigenvalue weighted by molar-refractivity contribution is 6.33. The van der Waals surface area contributed by atoms with Gasteiger partial charge in [-0.25, -0.2) is 0 Å². The number of ketones is 1. The molecule has 0 bridgehead atoms. The maximum absolute atomic E-state index is 12.7. The van der Waals surface area contributed by atoms with Crippen LogP contribution in [0.4, 0.5) is 0 Å². The summed E-state index contributed by atoms with van der Waals surface area (Å²) in [5, 5.41) is 8.59. The van der Waals surface area contributed by atoms with Gasteiger partial charge in [0.15, 0.2) is 12.4 Å². The van der Waals surface area contributed by atoms with E-state index in [9.17, 15) is 9.59 Å². The SMILES string of the molecule is CC(=O)c1ccc(OCC(=O)N(Cc2nnc(-c3ccccc3Cl)o2)C(C)C)cc1. The van der Waals surface area contributed by atoms with Gasteiger partial charge in [0.1, 0.15) is 5.75 Å². The standard InChI is InChI=1S/C22H22ClN3O4/c1-14(2)26(21(28)13-29-17-10-8-16(9-11-17)15(3)27)12-20-24-25-22(30-20)18-6-4-5-7-19(18)23/h4-11,14H,12-13H2,1-3H3. The molecule has 0 atom stereocenters. The van der Waals surface area contributed by atoms with Crippen molar-refractivity contribution in [2.75, 3.05) is 6.61 Å². The number of amides is 1. The molecule has 0 aliphatic rings. The molecule has 7 nitrogen and oxygen atoms in total. The lowest BCUT2D eigenvalue weighted by atomic mass is 10.1. The first-order valence-corrected chi connectivity index (χ1v) is 9.83. The molecule has 0 aliphatic carbocycles. The molecule has 2 aromatic carbocycles. The van der Waals surface area contributed by atoms with Crippen LogP contribution in [0.1, 0.15) is 37.0 Å². The van der Waals surface area contributed by atoms with E-state index in [4.69, 9.17) is 20.8 Å². The summed E-state index contributed by atoms with van der Waals surface area (Å²) in [6, 6.07) is 13.7. The Balaban J connectivity index is 1.65. The van der Waals surface area contributed by atoms with Crippen LogP contribution in [0, 0.1) is 0 Å². The van der Waals surface area contributed by atoms with Crippen molar-refractivity contribution in [3.63, 3.8) is 0 Å². The Kier molecular flexibility index (Phi) is 6.84. The Morgan fingerprint density at radius 1 is 1.10 bits per heavy atom. The summed E-state index contributed by atoms with van der Waals surface area (Å²) < 4.78 is 11.3. The topological polar surface area (TPSA) is 85.5 Å². The van der Waals surface area contributed by atoms with Gasteiger partial charge in [0.05, 0.1) is 17.1 Å². The van der Waals surface area contributed by atoms with Gasteiger partial charge >= 0.3 is 0 Å². The average molecular weight is 428 g/mol. The van der Waals surface area contributed by atoms with Crippen molar-refractivity contribution in [1.82, 2.24) is 15.1 Å². The average Bonchev–Trinajstić information content (AvgIpc) is 3.19. The summed E-state index contributed by atoms with van der Waals surface area (Å²) in [5.74, 6) is 0.861. The minimum absolute atomic E-state index is 0.0284. The van der Waals surface area contributed by atoms with E-state index in [0.29, 0.717) is 33.7 Å². The highest BCUT2D eigenvalue weighted by Gasteiger charge is 2.21. The number of halogens is 1. The largest absolute Gasteiger partial charge is 0.484 e. The van der Waals surface area contributed by atoms with Crippen molar-refractivity contribution in [1.29, 1.82) is 0 Å². The fourth-order valence-corrected chi connectivity index (χ4v) is 3.00. The molecule has 3 rings (SSSR count). The van der Waals surface area contributed by atoms with Crippen LogP contribution in [0.25, 0.3) is 11.5 Å². The molecule has 0 fully saturated rings. The molecule has 1 aromatic heterocycles. The maximum atomic E-state index is 12.7. The minimum atomic E-state index is -0.224. The molecule has 30 heavy (non-hydrogen) atoms. The number of Topliss-reactive ketones (excluding diaryl/α,β-unsaturated/α-hetero) is 1. The molecule has 156 valence electrons. The second-order valence-electron chi connectivity index (χ2n) is 6.97. The molecular weight excluding hydrogens is 406 g/mol. The van der Waals surface area contributed by atoms with Crippen LogP contribution < -0.4 is 4.74 Å². The monoisotopic (exact) mass is 427 g/mol. The molecule has 8 heteroatoms. The number of nitrogens with zero attached hydrogens (tertiary/aromatic N) is 3. The molecular formula is C22H22ClN3O4. The molecule has 0 saturated carbocycles. The van der Waals surface area contributed by atoms with E-state index in [1.807, 2.05) is 26.0 Å². The number of benzene rings is 2. The Bertz CT molecular complexity index is 1030. The van der Waals surface area contributed by atoms with Gasteiger partial charge in [-0.05, 0) is 57.2 Å². The van der Waals surface area contributed by atoms with E-state index in [2.05, 4.69) is 10.2 Å². The number of carbonyl (C=O) groups excluding carboxylic acids is 2. The number of carbonyl (C=O) groups is 2. The predicted octanol–water partition coefficient (Wildman–Crippen LogP) is 4.41. The number of rotatable bonds is 8. The van der Waals surface area contributed by atoms with Crippen LogP contribution in [-0.4, -0.2) is 39.4 Å². The lowest BCUT2D eigenvalue weighted by Crippen LogP contribution is -2.39. The van der Waals surface area contributed by atoms with Crippen LogP contribution in [0.15, 0.2) is 52.9 Å². The number of hydrogen-bond acceptors (Lipinski definition) is 6. The Morgan fingerprint density at radius 3 is 2.43 bits per heavy atom. The lowest BCUT2D eigenvalue weighted by Gasteiger charge is -2.25. The van der Waals surface area contributed by atoms with E-state index < -0.39 is 0 Å². The summed E-state index contributed by atoms with van der Waals surface area (Å²) >= 11 is 6.17. The highest BCUT2D eigenvalue weighted by Crippen LogP contribution is 2.26. The van der Waals surface area contributed by atoms with Crippen molar-refractivity contribution in [3.8, 4) is 17.2 Å². The van der Waals surface area contributed by atoms with Gasteiger partial charge in [0, 0.05) is 11.6 Å². The van der Waals surface area contributed by atoms with Crippen molar-refractivity contribution < 1.29 is 18.7 Å². The highest BCUT2D eigenvalue weighted by atomic mass is 35.5. The van der Waals surface area contributed by atoms with E-state index in [0.717, 1.165) is 0 Å². The molecule has 1 heterocycles. The quantitative estimate of drug-likeness (QED) is 0.495. The van der Waals surface area contributed by atoms with E-state index in [-0.39, 0.29) is 30.9 Å². The lowest BCUT2D eigenvalue weighted by molar-refractivity contribution is -0.136. The molecule has 0 unspecified atom stereocenters. The second kappa shape index (κ2) is 9.54. The van der Waals surface area contributed by atoms with Crippen molar-refractivity contribution >= 4 is 23.3 Å². The smallest absolute Gasteiger partial charge is 0.261 e. The second-order valence-corrected chi connectivity index (χ2v) is 7.37. The summed E-state index contributed by atoms with van der Waals surface area (Å²) in [4.78, 5) is 25.6. The molecule has 1 amide bonds. The van der Waals surface area contributed by atoms with Gasteiger partial charge in [-0.1, -0.05) is 23.7 Å². The van der Waals surface area contributed by atoms with Gasteiger partial charge in [0.2, 0.25) is 11.8 Å². The van der Waals surface area contributed by atoms with Gasteiger partial charge in [-0.15, -0.1) is 10.2 Å². The van der Waals surface area contributed by atoms with Gasteiger partial charge in [-0.2, -0.15) is 0 Å². The van der Waals surface area contributed by atoms with Gasteiger partial charge < -0.3 is 14.1 Å². The molecule has 0 N–H and O–H groups in total. The summed E-state index contributed by atoms with van der Waals surface area (Å²) in [6.07, 6.45) is 0. The molecule has 0 saturated heterocycles. The van der Waals surface area contributed by atoms with Crippen molar-refractivity contribution in [2.24, 2.45) is 0 Å². The van der Waals surface area contributed by atoms with Gasteiger partial charge in [0.25, 0.3) is 5.91 Å².